The highest BCUT2D eigenvalue weighted by Gasteiger charge is 2.50. The van der Waals surface area contributed by atoms with Crippen molar-refractivity contribution in [2.24, 2.45) is 0 Å². The predicted octanol–water partition coefficient (Wildman–Crippen LogP) is 2.69. The molecule has 2 aliphatic heterocycles. The zero-order chi connectivity index (χ0) is 17.3. The van der Waals surface area contributed by atoms with Gasteiger partial charge in [-0.25, -0.2) is 4.98 Å². The number of nitrogens with zero attached hydrogens (tertiary/aromatic N) is 3. The highest BCUT2D eigenvalue weighted by Crippen LogP contribution is 2.46. The van der Waals surface area contributed by atoms with Crippen LogP contribution in [0.2, 0.25) is 0 Å². The Hall–Kier alpha value is -1.44. The van der Waals surface area contributed by atoms with Crippen molar-refractivity contribution in [3.05, 3.63) is 46.2 Å². The number of ether oxygens (including phenoxy) is 1. The largest absolute Gasteiger partial charge is 0.371 e. The van der Waals surface area contributed by atoms with E-state index in [0.29, 0.717) is 13.0 Å². The Morgan fingerprint density at radius 2 is 2.28 bits per heavy atom. The Morgan fingerprint density at radius 1 is 1.40 bits per heavy atom. The van der Waals surface area contributed by atoms with Crippen LogP contribution in [-0.4, -0.2) is 50.5 Å². The van der Waals surface area contributed by atoms with Gasteiger partial charge in [0, 0.05) is 36.1 Å². The second-order valence-electron chi connectivity index (χ2n) is 6.74. The van der Waals surface area contributed by atoms with Gasteiger partial charge in [0.2, 0.25) is 5.91 Å². The molecule has 0 saturated carbocycles. The molecular weight excluding hydrogens is 354 g/mol. The molecule has 1 amide bonds. The standard InChI is InChI=1S/C18H21N3O2S2/c1-13-20-15(9-24-13)8-23-16-7-18(25-10-16)11-21(12-18)17(22)6-14-4-2-3-5-19-14/h2-5,9,16H,6-8,10-12H2,1H3. The SMILES string of the molecule is Cc1nc(COC2CSC3(C2)CN(C(=O)Cc2ccccn2)C3)cs1. The molecule has 0 aromatic carbocycles. The lowest BCUT2D eigenvalue weighted by molar-refractivity contribution is -0.136. The second-order valence-corrected chi connectivity index (χ2v) is 9.29. The first kappa shape index (κ1) is 17.0. The fourth-order valence-electron chi connectivity index (χ4n) is 3.40. The number of aryl methyl sites for hydroxylation is 1. The van der Waals surface area contributed by atoms with Crippen molar-refractivity contribution in [1.29, 1.82) is 0 Å². The van der Waals surface area contributed by atoms with E-state index in [1.165, 1.54) is 0 Å². The van der Waals surface area contributed by atoms with Gasteiger partial charge >= 0.3 is 0 Å². The van der Waals surface area contributed by atoms with Crippen LogP contribution in [0.5, 0.6) is 0 Å². The summed E-state index contributed by atoms with van der Waals surface area (Å²) < 4.78 is 6.23. The first-order valence-electron chi connectivity index (χ1n) is 8.46. The molecule has 2 aromatic heterocycles. The molecule has 1 unspecified atom stereocenters. The van der Waals surface area contributed by atoms with Crippen LogP contribution in [0.15, 0.2) is 29.8 Å². The lowest BCUT2D eigenvalue weighted by atomic mass is 9.92. The molecule has 2 aliphatic rings. The molecule has 0 bridgehead atoms. The molecule has 1 spiro atoms. The Bertz CT molecular complexity index is 744. The van der Waals surface area contributed by atoms with Crippen molar-refractivity contribution >= 4 is 29.0 Å². The molecule has 7 heteroatoms. The number of pyridine rings is 1. The van der Waals surface area contributed by atoms with Gasteiger partial charge in [-0.1, -0.05) is 6.07 Å². The van der Waals surface area contributed by atoms with Gasteiger partial charge in [-0.15, -0.1) is 23.1 Å². The van der Waals surface area contributed by atoms with E-state index in [1.807, 2.05) is 41.8 Å². The number of carbonyl (C=O) groups is 1. The van der Waals surface area contributed by atoms with Gasteiger partial charge in [0.25, 0.3) is 0 Å². The maximum absolute atomic E-state index is 12.4. The number of carbonyl (C=O) groups excluding carboxylic acids is 1. The molecule has 2 fully saturated rings. The highest BCUT2D eigenvalue weighted by atomic mass is 32.2. The van der Waals surface area contributed by atoms with Crippen molar-refractivity contribution < 1.29 is 9.53 Å². The summed E-state index contributed by atoms with van der Waals surface area (Å²) >= 11 is 3.62. The Kier molecular flexibility index (Phi) is 4.80. The van der Waals surface area contributed by atoms with Gasteiger partial charge < -0.3 is 9.64 Å². The van der Waals surface area contributed by atoms with E-state index in [4.69, 9.17) is 4.74 Å². The molecular formula is C18H21N3O2S2. The third-order valence-electron chi connectivity index (χ3n) is 4.68. The van der Waals surface area contributed by atoms with Crippen molar-refractivity contribution in [3.8, 4) is 0 Å². The number of likely N-dealkylation sites (tertiary alicyclic amines) is 1. The van der Waals surface area contributed by atoms with E-state index < -0.39 is 0 Å². The van der Waals surface area contributed by atoms with E-state index in [0.717, 1.165) is 41.7 Å². The normalized spacial score (nSPS) is 21.5. The lowest BCUT2D eigenvalue weighted by Gasteiger charge is -2.47. The summed E-state index contributed by atoms with van der Waals surface area (Å²) in [7, 11) is 0. The third kappa shape index (κ3) is 3.88. The van der Waals surface area contributed by atoms with Crippen LogP contribution in [0.3, 0.4) is 0 Å². The summed E-state index contributed by atoms with van der Waals surface area (Å²) in [6.07, 6.45) is 3.41. The van der Waals surface area contributed by atoms with Gasteiger partial charge in [0.15, 0.2) is 0 Å². The van der Waals surface area contributed by atoms with Crippen LogP contribution in [-0.2, 0) is 22.6 Å². The summed E-state index contributed by atoms with van der Waals surface area (Å²) in [5.74, 6) is 1.18. The van der Waals surface area contributed by atoms with Crippen LogP contribution in [0.25, 0.3) is 0 Å². The molecule has 0 aliphatic carbocycles. The number of amides is 1. The summed E-state index contributed by atoms with van der Waals surface area (Å²) in [5, 5.41) is 3.14. The van der Waals surface area contributed by atoms with E-state index >= 15 is 0 Å². The zero-order valence-electron chi connectivity index (χ0n) is 14.2. The Balaban J connectivity index is 1.23. The predicted molar refractivity (Wildman–Crippen MR) is 99.8 cm³/mol. The van der Waals surface area contributed by atoms with Crippen molar-refractivity contribution in [3.63, 3.8) is 0 Å². The van der Waals surface area contributed by atoms with Gasteiger partial charge in [0.05, 0.1) is 34.6 Å². The van der Waals surface area contributed by atoms with Crippen LogP contribution in [0, 0.1) is 6.92 Å². The Morgan fingerprint density at radius 3 is 3.00 bits per heavy atom. The summed E-state index contributed by atoms with van der Waals surface area (Å²) in [5.41, 5.74) is 1.86. The minimum atomic E-state index is 0.173. The van der Waals surface area contributed by atoms with Crippen LogP contribution in [0.1, 0.15) is 22.8 Å². The average molecular weight is 376 g/mol. The molecule has 4 heterocycles. The number of hydrogen-bond donors (Lipinski definition) is 0. The fraction of sp³-hybridized carbons (Fsp3) is 0.500. The number of thiazole rings is 1. The van der Waals surface area contributed by atoms with E-state index in [1.54, 1.807) is 17.5 Å². The average Bonchev–Trinajstić information content (AvgIpc) is 3.19. The van der Waals surface area contributed by atoms with Gasteiger partial charge in [0.1, 0.15) is 0 Å². The molecule has 0 N–H and O–H groups in total. The smallest absolute Gasteiger partial charge is 0.228 e. The van der Waals surface area contributed by atoms with E-state index in [2.05, 4.69) is 15.3 Å². The summed E-state index contributed by atoms with van der Waals surface area (Å²) in [6, 6.07) is 5.70. The molecule has 132 valence electrons. The third-order valence-corrected chi connectivity index (χ3v) is 7.08. The Labute approximate surface area is 155 Å². The number of aromatic nitrogens is 2. The number of hydrogen-bond acceptors (Lipinski definition) is 6. The molecule has 2 saturated heterocycles. The van der Waals surface area contributed by atoms with Gasteiger partial charge in [-0.3, -0.25) is 9.78 Å². The summed E-state index contributed by atoms with van der Waals surface area (Å²) in [6.45, 7) is 4.27. The van der Waals surface area contributed by atoms with Gasteiger partial charge in [-0.05, 0) is 25.5 Å². The maximum atomic E-state index is 12.4. The number of rotatable bonds is 5. The zero-order valence-corrected chi connectivity index (χ0v) is 15.8. The van der Waals surface area contributed by atoms with Crippen molar-refractivity contribution in [1.82, 2.24) is 14.9 Å². The molecule has 4 rings (SSSR count). The molecule has 0 radical (unpaired) electrons. The van der Waals surface area contributed by atoms with Crippen molar-refractivity contribution in [2.45, 2.75) is 37.2 Å². The molecule has 1 atom stereocenters. The fourth-order valence-corrected chi connectivity index (χ4v) is 5.55. The lowest BCUT2D eigenvalue weighted by Crippen LogP contribution is -2.61. The topological polar surface area (TPSA) is 55.3 Å². The first-order chi connectivity index (χ1) is 12.1. The maximum Gasteiger partial charge on any atom is 0.228 e. The molecule has 5 nitrogen and oxygen atoms in total. The minimum absolute atomic E-state index is 0.173. The molecule has 25 heavy (non-hydrogen) atoms. The minimum Gasteiger partial charge on any atom is -0.371 e. The van der Waals surface area contributed by atoms with Crippen molar-refractivity contribution in [2.75, 3.05) is 18.8 Å². The number of thioether (sulfide) groups is 1. The first-order valence-corrected chi connectivity index (χ1v) is 10.3. The van der Waals surface area contributed by atoms with E-state index in [9.17, 15) is 4.79 Å². The second kappa shape index (κ2) is 7.05. The monoisotopic (exact) mass is 375 g/mol. The highest BCUT2D eigenvalue weighted by molar-refractivity contribution is 8.01. The van der Waals surface area contributed by atoms with Crippen LogP contribution in [0.4, 0.5) is 0 Å². The quantitative estimate of drug-likeness (QED) is 0.804. The van der Waals surface area contributed by atoms with Gasteiger partial charge in [-0.2, -0.15) is 0 Å². The van der Waals surface area contributed by atoms with Crippen LogP contribution < -0.4 is 0 Å². The van der Waals surface area contributed by atoms with Crippen LogP contribution >= 0.6 is 23.1 Å². The van der Waals surface area contributed by atoms with E-state index in [-0.39, 0.29) is 16.8 Å². The molecule has 2 aromatic rings. The summed E-state index contributed by atoms with van der Waals surface area (Å²) in [4.78, 5) is 23.0.